The van der Waals surface area contributed by atoms with Crippen LogP contribution in [0.25, 0.3) is 11.6 Å². The second kappa shape index (κ2) is 12.1. The van der Waals surface area contributed by atoms with Gasteiger partial charge in [0.25, 0.3) is 6.08 Å². The van der Waals surface area contributed by atoms with Crippen molar-refractivity contribution in [2.45, 2.75) is 114 Å². The van der Waals surface area contributed by atoms with Crippen LogP contribution in [0.15, 0.2) is 12.2 Å². The van der Waals surface area contributed by atoms with Gasteiger partial charge in [-0.3, -0.25) is 0 Å². The summed E-state index contributed by atoms with van der Waals surface area (Å²) in [5.41, 5.74) is 18.3. The molecule has 0 radical (unpaired) electrons. The first-order valence-corrected chi connectivity index (χ1v) is 14.2. The maximum absolute atomic E-state index is 12.4. The van der Waals surface area contributed by atoms with E-state index in [2.05, 4.69) is 75.3 Å². The van der Waals surface area contributed by atoms with Gasteiger partial charge in [-0.1, -0.05) is 18.9 Å². The maximum Gasteiger partial charge on any atom is 0.266 e. The van der Waals surface area contributed by atoms with E-state index in [-0.39, 0.29) is 0 Å². The highest BCUT2D eigenvalue weighted by Gasteiger charge is 2.22. The standard InChI is InChI=1S/C35H48F2/c1-20(19-33-24(5)22(3)21(2)23(4)25(33)6)35-28(9)26(7)32(27(8)29(35)10)17-15-30-11-13-31(14-12-30)16-18-34(36)37/h18-19,30-31H,11-17H2,1-10H3/b20-19+. The topological polar surface area (TPSA) is 0 Å². The van der Waals surface area contributed by atoms with Gasteiger partial charge in [0.05, 0.1) is 0 Å². The van der Waals surface area contributed by atoms with Crippen molar-refractivity contribution in [3.8, 4) is 0 Å². The van der Waals surface area contributed by atoms with Gasteiger partial charge in [-0.15, -0.1) is 0 Å². The third-order valence-electron chi connectivity index (χ3n) is 9.97. The highest BCUT2D eigenvalue weighted by Crippen LogP contribution is 2.37. The molecule has 1 saturated carbocycles. The SMILES string of the molecule is C/C(=C\c1c(C)c(C)c(C)c(C)c1C)c1c(C)c(C)c(CCC2CCC(CC=C(F)F)CC2)c(C)c1C. The first-order valence-electron chi connectivity index (χ1n) is 14.2. The molecule has 2 heteroatoms. The van der Waals surface area contributed by atoms with Crippen LogP contribution in [0.1, 0.15) is 112 Å². The van der Waals surface area contributed by atoms with E-state index < -0.39 is 6.08 Å². The molecule has 0 spiro atoms. The third-order valence-corrected chi connectivity index (χ3v) is 9.97. The molecule has 0 atom stereocenters. The van der Waals surface area contributed by atoms with Crippen molar-refractivity contribution in [2.24, 2.45) is 11.8 Å². The molecule has 0 heterocycles. The zero-order chi connectivity index (χ0) is 27.6. The van der Waals surface area contributed by atoms with Gasteiger partial charge in [0.1, 0.15) is 0 Å². The van der Waals surface area contributed by atoms with E-state index in [9.17, 15) is 8.78 Å². The second-order valence-corrected chi connectivity index (χ2v) is 11.9. The summed E-state index contributed by atoms with van der Waals surface area (Å²) in [5.74, 6) is 1.16. The lowest BCUT2D eigenvalue weighted by molar-refractivity contribution is 0.262. The van der Waals surface area contributed by atoms with Crippen molar-refractivity contribution in [2.75, 3.05) is 0 Å². The minimum absolute atomic E-state index is 0.438. The molecular formula is C35H48F2. The Morgan fingerprint density at radius 3 is 1.59 bits per heavy atom. The number of allylic oxidation sites excluding steroid dienone is 2. The molecule has 0 saturated heterocycles. The smallest absolute Gasteiger partial charge is 0.174 e. The van der Waals surface area contributed by atoms with Crippen LogP contribution in [-0.2, 0) is 6.42 Å². The highest BCUT2D eigenvalue weighted by molar-refractivity contribution is 5.86. The number of hydrogen-bond donors (Lipinski definition) is 0. The predicted molar refractivity (Wildman–Crippen MR) is 158 cm³/mol. The van der Waals surface area contributed by atoms with Crippen LogP contribution in [0.3, 0.4) is 0 Å². The Morgan fingerprint density at radius 2 is 1.11 bits per heavy atom. The normalized spacial score (nSPS) is 18.3. The average molecular weight is 507 g/mol. The van der Waals surface area contributed by atoms with E-state index in [0.29, 0.717) is 12.3 Å². The summed E-state index contributed by atoms with van der Waals surface area (Å²) in [6, 6.07) is 0. The third kappa shape index (κ3) is 6.27. The Morgan fingerprint density at radius 1 is 0.649 bits per heavy atom. The van der Waals surface area contributed by atoms with E-state index >= 15 is 0 Å². The van der Waals surface area contributed by atoms with Crippen LogP contribution in [0, 0.1) is 74.1 Å². The summed E-state index contributed by atoms with van der Waals surface area (Å²) in [5, 5.41) is 0. The molecule has 202 valence electrons. The molecule has 1 aliphatic rings. The van der Waals surface area contributed by atoms with Gasteiger partial charge in [0, 0.05) is 0 Å². The van der Waals surface area contributed by atoms with E-state index in [1.54, 1.807) is 0 Å². The number of rotatable bonds is 7. The van der Waals surface area contributed by atoms with Gasteiger partial charge in [0.15, 0.2) is 0 Å². The van der Waals surface area contributed by atoms with Crippen molar-refractivity contribution in [3.63, 3.8) is 0 Å². The summed E-state index contributed by atoms with van der Waals surface area (Å²) in [7, 11) is 0. The van der Waals surface area contributed by atoms with Crippen LogP contribution >= 0.6 is 0 Å². The van der Waals surface area contributed by atoms with Gasteiger partial charge in [0.2, 0.25) is 0 Å². The molecule has 0 N–H and O–H groups in total. The lowest BCUT2D eigenvalue weighted by Crippen LogP contribution is -2.15. The van der Waals surface area contributed by atoms with E-state index in [1.807, 2.05) is 0 Å². The summed E-state index contributed by atoms with van der Waals surface area (Å²) in [4.78, 5) is 0. The molecule has 0 aliphatic heterocycles. The van der Waals surface area contributed by atoms with Crippen molar-refractivity contribution < 1.29 is 8.78 Å². The highest BCUT2D eigenvalue weighted by atomic mass is 19.3. The minimum Gasteiger partial charge on any atom is -0.174 e. The molecule has 37 heavy (non-hydrogen) atoms. The van der Waals surface area contributed by atoms with E-state index in [1.165, 1.54) is 91.6 Å². The zero-order valence-corrected chi connectivity index (χ0v) is 25.0. The second-order valence-electron chi connectivity index (χ2n) is 11.9. The molecule has 3 rings (SSSR count). The first-order chi connectivity index (χ1) is 17.3. The van der Waals surface area contributed by atoms with Crippen LogP contribution in [0.2, 0.25) is 0 Å². The monoisotopic (exact) mass is 506 g/mol. The van der Waals surface area contributed by atoms with Gasteiger partial charge in [-0.25, -0.2) is 0 Å². The van der Waals surface area contributed by atoms with Gasteiger partial charge in [-0.05, 0) is 192 Å². The van der Waals surface area contributed by atoms with Crippen LogP contribution in [-0.4, -0.2) is 0 Å². The fourth-order valence-corrected chi connectivity index (χ4v) is 6.75. The first kappa shape index (κ1) is 29.3. The number of halogens is 2. The Kier molecular flexibility index (Phi) is 9.59. The minimum atomic E-state index is -1.53. The predicted octanol–water partition coefficient (Wildman–Crippen LogP) is 10.9. The number of hydrogen-bond acceptors (Lipinski definition) is 0. The zero-order valence-electron chi connectivity index (χ0n) is 25.0. The average Bonchev–Trinajstić information content (AvgIpc) is 2.87. The molecule has 2 aromatic carbocycles. The van der Waals surface area contributed by atoms with Gasteiger partial charge in [-0.2, -0.15) is 8.78 Å². The number of benzene rings is 2. The fourth-order valence-electron chi connectivity index (χ4n) is 6.75. The molecule has 0 aromatic heterocycles. The van der Waals surface area contributed by atoms with Crippen LogP contribution < -0.4 is 0 Å². The summed E-state index contributed by atoms with van der Waals surface area (Å²) in [6.45, 7) is 22.7. The van der Waals surface area contributed by atoms with E-state index in [0.717, 1.165) is 31.3 Å². The van der Waals surface area contributed by atoms with Crippen molar-refractivity contribution in [1.29, 1.82) is 0 Å². The molecular weight excluding hydrogens is 458 g/mol. The molecule has 0 amide bonds. The van der Waals surface area contributed by atoms with Crippen LogP contribution in [0.5, 0.6) is 0 Å². The molecule has 0 bridgehead atoms. The lowest BCUT2D eigenvalue weighted by Gasteiger charge is -2.29. The summed E-state index contributed by atoms with van der Waals surface area (Å²) in [6.07, 6.45) is 9.40. The summed E-state index contributed by atoms with van der Waals surface area (Å²) < 4.78 is 24.9. The van der Waals surface area contributed by atoms with Crippen LogP contribution in [0.4, 0.5) is 8.78 Å². The molecule has 2 aromatic rings. The Hall–Kier alpha value is -2.22. The van der Waals surface area contributed by atoms with Gasteiger partial charge < -0.3 is 0 Å². The Labute approximate surface area is 225 Å². The largest absolute Gasteiger partial charge is 0.266 e. The fraction of sp³-hybridized carbons (Fsp3) is 0.543. The molecule has 0 nitrogen and oxygen atoms in total. The maximum atomic E-state index is 12.4. The van der Waals surface area contributed by atoms with Gasteiger partial charge >= 0.3 is 0 Å². The molecule has 0 unspecified atom stereocenters. The van der Waals surface area contributed by atoms with Crippen molar-refractivity contribution >= 4 is 11.6 Å². The van der Waals surface area contributed by atoms with E-state index in [4.69, 9.17) is 0 Å². The summed E-state index contributed by atoms with van der Waals surface area (Å²) >= 11 is 0. The molecule has 1 aliphatic carbocycles. The quantitative estimate of drug-likeness (QED) is 0.328. The lowest BCUT2D eigenvalue weighted by atomic mass is 9.77. The van der Waals surface area contributed by atoms with Crippen molar-refractivity contribution in [1.82, 2.24) is 0 Å². The Balaban J connectivity index is 1.84. The molecule has 1 fully saturated rings. The van der Waals surface area contributed by atoms with Crippen molar-refractivity contribution in [3.05, 3.63) is 78.9 Å². The Bertz CT molecular complexity index is 1150.